The molecular formula is C17H11ClFNO2. The molecule has 0 spiro atoms. The van der Waals surface area contributed by atoms with Crippen molar-refractivity contribution in [3.63, 3.8) is 0 Å². The van der Waals surface area contributed by atoms with E-state index < -0.39 is 11.6 Å². The highest BCUT2D eigenvalue weighted by Gasteiger charge is 2.15. The highest BCUT2D eigenvalue weighted by molar-refractivity contribution is 6.35. The number of rotatable bonds is 2. The molecule has 0 saturated carbocycles. The average Bonchev–Trinajstić information content (AvgIpc) is 2.50. The first-order chi connectivity index (χ1) is 10.5. The van der Waals surface area contributed by atoms with Crippen molar-refractivity contribution < 1.29 is 14.6 Å². The van der Waals surface area contributed by atoms with Gasteiger partial charge in [-0.3, -0.25) is 0 Å². The van der Waals surface area contributed by atoms with E-state index in [1.165, 1.54) is 24.3 Å². The quantitative estimate of drug-likeness (QED) is 0.717. The summed E-state index contributed by atoms with van der Waals surface area (Å²) in [6.45, 7) is 3.73. The molecule has 3 rings (SSSR count). The number of aromatic hydroxyl groups is 2. The van der Waals surface area contributed by atoms with Crippen molar-refractivity contribution in [2.75, 3.05) is 0 Å². The second kappa shape index (κ2) is 5.31. The average molecular weight is 316 g/mol. The second-order valence-electron chi connectivity index (χ2n) is 4.76. The van der Waals surface area contributed by atoms with Crippen LogP contribution < -0.4 is 0 Å². The molecule has 0 atom stereocenters. The minimum atomic E-state index is -0.749. The third kappa shape index (κ3) is 2.27. The van der Waals surface area contributed by atoms with E-state index in [1.54, 1.807) is 18.2 Å². The van der Waals surface area contributed by atoms with Crippen molar-refractivity contribution in [2.45, 2.75) is 0 Å². The SMILES string of the molecule is C=Cc1c(Cl)c(-c2ccc(O)c(F)c2)nc2ccc(O)cc12. The number of phenols is 2. The van der Waals surface area contributed by atoms with Gasteiger partial charge in [0.15, 0.2) is 11.6 Å². The van der Waals surface area contributed by atoms with Gasteiger partial charge in [0, 0.05) is 16.5 Å². The lowest BCUT2D eigenvalue weighted by Gasteiger charge is -2.11. The topological polar surface area (TPSA) is 53.4 Å². The summed E-state index contributed by atoms with van der Waals surface area (Å²) in [6, 6.07) is 8.66. The zero-order valence-electron chi connectivity index (χ0n) is 11.3. The van der Waals surface area contributed by atoms with E-state index in [0.717, 1.165) is 0 Å². The van der Waals surface area contributed by atoms with Gasteiger partial charge >= 0.3 is 0 Å². The molecule has 0 fully saturated rings. The summed E-state index contributed by atoms with van der Waals surface area (Å²) < 4.78 is 13.6. The summed E-state index contributed by atoms with van der Waals surface area (Å²) in [4.78, 5) is 4.43. The Kier molecular flexibility index (Phi) is 3.47. The molecule has 2 aromatic carbocycles. The van der Waals surface area contributed by atoms with Crippen LogP contribution in [0.1, 0.15) is 5.56 Å². The molecule has 1 heterocycles. The molecule has 22 heavy (non-hydrogen) atoms. The summed E-state index contributed by atoms with van der Waals surface area (Å²) in [5.74, 6) is -1.09. The summed E-state index contributed by atoms with van der Waals surface area (Å²) in [7, 11) is 0. The van der Waals surface area contributed by atoms with Gasteiger partial charge in [0.2, 0.25) is 0 Å². The van der Waals surface area contributed by atoms with Gasteiger partial charge in [0.25, 0.3) is 0 Å². The van der Waals surface area contributed by atoms with Crippen molar-refractivity contribution in [1.82, 2.24) is 4.98 Å². The van der Waals surface area contributed by atoms with E-state index in [-0.39, 0.29) is 5.75 Å². The summed E-state index contributed by atoms with van der Waals surface area (Å²) in [5, 5.41) is 19.9. The first kappa shape index (κ1) is 14.4. The Morgan fingerprint density at radius 2 is 1.91 bits per heavy atom. The minimum absolute atomic E-state index is 0.0943. The molecule has 3 nitrogen and oxygen atoms in total. The van der Waals surface area contributed by atoms with Crippen LogP contribution >= 0.6 is 11.6 Å². The zero-order valence-corrected chi connectivity index (χ0v) is 12.1. The molecule has 0 amide bonds. The lowest BCUT2D eigenvalue weighted by molar-refractivity contribution is 0.432. The van der Waals surface area contributed by atoms with Crippen LogP contribution in [0, 0.1) is 5.82 Å². The van der Waals surface area contributed by atoms with Crippen LogP contribution in [0.3, 0.4) is 0 Å². The Morgan fingerprint density at radius 1 is 1.14 bits per heavy atom. The molecule has 2 N–H and O–H groups in total. The number of benzene rings is 2. The summed E-state index contributed by atoms with van der Waals surface area (Å²) >= 11 is 6.37. The minimum Gasteiger partial charge on any atom is -0.508 e. The van der Waals surface area contributed by atoms with Crippen LogP contribution in [0.2, 0.25) is 5.02 Å². The van der Waals surface area contributed by atoms with Gasteiger partial charge in [-0.25, -0.2) is 9.37 Å². The molecule has 0 unspecified atom stereocenters. The maximum atomic E-state index is 13.6. The smallest absolute Gasteiger partial charge is 0.165 e. The number of pyridine rings is 1. The first-order valence-corrected chi connectivity index (χ1v) is 6.82. The van der Waals surface area contributed by atoms with Crippen LogP contribution in [0.5, 0.6) is 11.5 Å². The number of fused-ring (bicyclic) bond motifs is 1. The predicted octanol–water partition coefficient (Wildman–Crippen LogP) is 4.75. The summed E-state index contributed by atoms with van der Waals surface area (Å²) in [5.41, 5.74) is 2.03. The number of phenolic OH excluding ortho intramolecular Hbond substituents is 2. The van der Waals surface area contributed by atoms with Crippen LogP contribution in [-0.4, -0.2) is 15.2 Å². The van der Waals surface area contributed by atoms with Crippen LogP contribution in [0.25, 0.3) is 28.2 Å². The molecule has 1 aromatic heterocycles. The molecular weight excluding hydrogens is 305 g/mol. The first-order valence-electron chi connectivity index (χ1n) is 6.45. The number of hydrogen-bond acceptors (Lipinski definition) is 3. The fourth-order valence-electron chi connectivity index (χ4n) is 2.30. The third-order valence-corrected chi connectivity index (χ3v) is 3.75. The van der Waals surface area contributed by atoms with Gasteiger partial charge in [-0.15, -0.1) is 0 Å². The normalized spacial score (nSPS) is 10.8. The van der Waals surface area contributed by atoms with E-state index in [4.69, 9.17) is 11.6 Å². The van der Waals surface area contributed by atoms with Gasteiger partial charge in [-0.2, -0.15) is 0 Å². The molecule has 0 aliphatic rings. The molecule has 0 aliphatic heterocycles. The van der Waals surface area contributed by atoms with E-state index in [2.05, 4.69) is 11.6 Å². The van der Waals surface area contributed by atoms with Crippen molar-refractivity contribution in [1.29, 1.82) is 0 Å². The second-order valence-corrected chi connectivity index (χ2v) is 5.14. The van der Waals surface area contributed by atoms with Crippen LogP contribution in [0.15, 0.2) is 43.0 Å². The fraction of sp³-hybridized carbons (Fsp3) is 0. The lowest BCUT2D eigenvalue weighted by Crippen LogP contribution is -1.92. The zero-order chi connectivity index (χ0) is 15.9. The number of aromatic nitrogens is 1. The van der Waals surface area contributed by atoms with Gasteiger partial charge in [-0.05, 0) is 36.4 Å². The van der Waals surface area contributed by atoms with Gasteiger partial charge in [0.05, 0.1) is 16.2 Å². The maximum Gasteiger partial charge on any atom is 0.165 e. The fourth-order valence-corrected chi connectivity index (χ4v) is 2.63. The molecule has 0 aliphatic carbocycles. The molecule has 110 valence electrons. The Labute approximate surface area is 130 Å². The molecule has 0 bridgehead atoms. The van der Waals surface area contributed by atoms with E-state index in [0.29, 0.717) is 32.7 Å². The van der Waals surface area contributed by atoms with E-state index in [9.17, 15) is 14.6 Å². The molecule has 5 heteroatoms. The van der Waals surface area contributed by atoms with E-state index in [1.807, 2.05) is 0 Å². The van der Waals surface area contributed by atoms with Crippen molar-refractivity contribution in [3.8, 4) is 22.8 Å². The Morgan fingerprint density at radius 3 is 2.59 bits per heavy atom. The monoisotopic (exact) mass is 315 g/mol. The van der Waals surface area contributed by atoms with Gasteiger partial charge in [-0.1, -0.05) is 24.3 Å². The number of hydrogen-bond donors (Lipinski definition) is 2. The Hall–Kier alpha value is -2.59. The highest BCUT2D eigenvalue weighted by Crippen LogP contribution is 2.36. The predicted molar refractivity (Wildman–Crippen MR) is 85.6 cm³/mol. The van der Waals surface area contributed by atoms with Gasteiger partial charge < -0.3 is 10.2 Å². The van der Waals surface area contributed by atoms with Gasteiger partial charge in [0.1, 0.15) is 5.75 Å². The highest BCUT2D eigenvalue weighted by atomic mass is 35.5. The number of nitrogens with zero attached hydrogens (tertiary/aromatic N) is 1. The van der Waals surface area contributed by atoms with Crippen molar-refractivity contribution >= 4 is 28.6 Å². The summed E-state index contributed by atoms with van der Waals surface area (Å²) in [6.07, 6.45) is 1.56. The number of halogens is 2. The maximum absolute atomic E-state index is 13.6. The standard InChI is InChI=1S/C17H11ClFNO2/c1-2-11-12-8-10(21)4-5-14(12)20-17(16(11)18)9-3-6-15(22)13(19)7-9/h2-8,21-22H,1H2. The van der Waals surface area contributed by atoms with Crippen LogP contribution in [0.4, 0.5) is 4.39 Å². The van der Waals surface area contributed by atoms with Crippen molar-refractivity contribution in [3.05, 3.63) is 59.4 Å². The molecule has 0 saturated heterocycles. The van der Waals surface area contributed by atoms with Crippen LogP contribution in [-0.2, 0) is 0 Å². The Balaban J connectivity index is 2.35. The third-order valence-electron chi connectivity index (χ3n) is 3.37. The van der Waals surface area contributed by atoms with E-state index >= 15 is 0 Å². The largest absolute Gasteiger partial charge is 0.508 e. The lowest BCUT2D eigenvalue weighted by atomic mass is 10.0. The molecule has 0 radical (unpaired) electrons. The van der Waals surface area contributed by atoms with Crippen molar-refractivity contribution in [2.24, 2.45) is 0 Å². The molecule has 3 aromatic rings. The Bertz CT molecular complexity index is 909.